The lowest BCUT2D eigenvalue weighted by atomic mass is 10.1. The van der Waals surface area contributed by atoms with E-state index in [4.69, 9.17) is 4.74 Å². The molecule has 0 bridgehead atoms. The first kappa shape index (κ1) is 17.6. The van der Waals surface area contributed by atoms with Gasteiger partial charge in [-0.3, -0.25) is 0 Å². The molecule has 0 fully saturated rings. The van der Waals surface area contributed by atoms with E-state index in [1.165, 1.54) is 30.4 Å². The van der Waals surface area contributed by atoms with Crippen molar-refractivity contribution < 1.29 is 17.9 Å². The molecule has 1 nitrogen and oxygen atoms in total. The Morgan fingerprint density at radius 1 is 0.625 bits per heavy atom. The standard InChI is InChI=1S/C12H10.C8H7F3O/c1-3-7-11(8-4-1)12-9-5-2-6-10-12;1-12-7-4-2-6(3-5-7)8(9,10)11/h1-10H;2-5H,1H3. The van der Waals surface area contributed by atoms with E-state index in [-0.39, 0.29) is 0 Å². The van der Waals surface area contributed by atoms with E-state index in [0.29, 0.717) is 5.75 Å². The van der Waals surface area contributed by atoms with Crippen LogP contribution in [0.4, 0.5) is 13.2 Å². The van der Waals surface area contributed by atoms with Gasteiger partial charge in [0.2, 0.25) is 0 Å². The van der Waals surface area contributed by atoms with E-state index in [9.17, 15) is 13.2 Å². The van der Waals surface area contributed by atoms with Gasteiger partial charge in [-0.05, 0) is 35.4 Å². The fourth-order valence-corrected chi connectivity index (χ4v) is 2.04. The minimum absolute atomic E-state index is 0.419. The van der Waals surface area contributed by atoms with Gasteiger partial charge in [-0.15, -0.1) is 0 Å². The molecule has 3 rings (SSSR count). The van der Waals surface area contributed by atoms with E-state index in [1.807, 2.05) is 12.1 Å². The molecule has 0 saturated heterocycles. The summed E-state index contributed by atoms with van der Waals surface area (Å²) in [6.07, 6.45) is -4.27. The minimum atomic E-state index is -4.27. The summed E-state index contributed by atoms with van der Waals surface area (Å²) in [6.45, 7) is 0. The average Bonchev–Trinajstić information content (AvgIpc) is 2.63. The van der Waals surface area contributed by atoms with Gasteiger partial charge in [0.25, 0.3) is 0 Å². The van der Waals surface area contributed by atoms with Gasteiger partial charge in [-0.2, -0.15) is 13.2 Å². The molecule has 0 N–H and O–H groups in total. The third-order valence-electron chi connectivity index (χ3n) is 3.30. The van der Waals surface area contributed by atoms with E-state index >= 15 is 0 Å². The number of ether oxygens (including phenoxy) is 1. The highest BCUT2D eigenvalue weighted by molar-refractivity contribution is 5.62. The molecule has 0 aliphatic carbocycles. The van der Waals surface area contributed by atoms with Crippen LogP contribution in [0.3, 0.4) is 0 Å². The summed E-state index contributed by atoms with van der Waals surface area (Å²) in [5.74, 6) is 0.419. The van der Waals surface area contributed by atoms with Gasteiger partial charge in [0.15, 0.2) is 0 Å². The van der Waals surface area contributed by atoms with Crippen LogP contribution in [-0.4, -0.2) is 7.11 Å². The largest absolute Gasteiger partial charge is 0.497 e. The van der Waals surface area contributed by atoms with Gasteiger partial charge in [-0.25, -0.2) is 0 Å². The van der Waals surface area contributed by atoms with Crippen molar-refractivity contribution in [2.75, 3.05) is 7.11 Å². The Morgan fingerprint density at radius 3 is 1.38 bits per heavy atom. The van der Waals surface area contributed by atoms with Crippen LogP contribution in [0.5, 0.6) is 5.75 Å². The van der Waals surface area contributed by atoms with Crippen molar-refractivity contribution in [3.05, 3.63) is 90.5 Å². The zero-order chi connectivity index (χ0) is 17.4. The predicted octanol–water partition coefficient (Wildman–Crippen LogP) is 6.07. The van der Waals surface area contributed by atoms with Crippen LogP contribution >= 0.6 is 0 Å². The van der Waals surface area contributed by atoms with Crippen LogP contribution in [0, 0.1) is 0 Å². The molecule has 3 aromatic rings. The van der Waals surface area contributed by atoms with E-state index in [2.05, 4.69) is 48.5 Å². The molecule has 0 spiro atoms. The molecule has 24 heavy (non-hydrogen) atoms. The maximum Gasteiger partial charge on any atom is 0.416 e. The summed E-state index contributed by atoms with van der Waals surface area (Å²) in [4.78, 5) is 0. The molecule has 0 amide bonds. The SMILES string of the molecule is COc1ccc(C(F)(F)F)cc1.c1ccc(-c2ccccc2)cc1. The zero-order valence-corrected chi connectivity index (χ0v) is 13.1. The number of alkyl halides is 3. The maximum absolute atomic E-state index is 12.0. The molecule has 0 saturated carbocycles. The summed E-state index contributed by atoms with van der Waals surface area (Å²) >= 11 is 0. The molecule has 0 aromatic heterocycles. The summed E-state index contributed by atoms with van der Waals surface area (Å²) in [5.41, 5.74) is 1.89. The van der Waals surface area contributed by atoms with Crippen molar-refractivity contribution in [3.8, 4) is 16.9 Å². The molecule has 0 aliphatic rings. The second-order valence-corrected chi connectivity index (χ2v) is 4.96. The predicted molar refractivity (Wildman–Crippen MR) is 89.9 cm³/mol. The van der Waals surface area contributed by atoms with E-state index in [0.717, 1.165) is 12.1 Å². The Morgan fingerprint density at radius 2 is 1.04 bits per heavy atom. The lowest BCUT2D eigenvalue weighted by Gasteiger charge is -2.06. The van der Waals surface area contributed by atoms with Gasteiger partial charge in [-0.1, -0.05) is 60.7 Å². The van der Waals surface area contributed by atoms with Crippen LogP contribution in [0.1, 0.15) is 5.56 Å². The molecule has 0 radical (unpaired) electrons. The van der Waals surface area contributed by atoms with Crippen molar-refractivity contribution >= 4 is 0 Å². The van der Waals surface area contributed by atoms with Crippen molar-refractivity contribution in [3.63, 3.8) is 0 Å². The third kappa shape index (κ3) is 5.16. The number of methoxy groups -OCH3 is 1. The van der Waals surface area contributed by atoms with Crippen LogP contribution in [0.15, 0.2) is 84.9 Å². The Balaban J connectivity index is 0.000000174. The van der Waals surface area contributed by atoms with Crippen molar-refractivity contribution in [1.29, 1.82) is 0 Å². The molecule has 0 unspecified atom stereocenters. The number of hydrogen-bond acceptors (Lipinski definition) is 1. The summed E-state index contributed by atoms with van der Waals surface area (Å²) in [7, 11) is 1.41. The van der Waals surface area contributed by atoms with Crippen LogP contribution in [-0.2, 0) is 6.18 Å². The van der Waals surface area contributed by atoms with Gasteiger partial charge >= 0.3 is 6.18 Å². The first-order chi connectivity index (χ1) is 11.5. The Kier molecular flexibility index (Phi) is 6.01. The number of hydrogen-bond donors (Lipinski definition) is 0. The normalized spacial score (nSPS) is 10.5. The highest BCUT2D eigenvalue weighted by atomic mass is 19.4. The molecular weight excluding hydrogens is 313 g/mol. The lowest BCUT2D eigenvalue weighted by Crippen LogP contribution is -2.03. The van der Waals surface area contributed by atoms with Crippen LogP contribution < -0.4 is 4.74 Å². The second kappa shape index (κ2) is 8.20. The second-order valence-electron chi connectivity index (χ2n) is 4.96. The summed E-state index contributed by atoms with van der Waals surface area (Å²) < 4.78 is 40.7. The molecule has 3 aromatic carbocycles. The minimum Gasteiger partial charge on any atom is -0.497 e. The zero-order valence-electron chi connectivity index (χ0n) is 13.1. The van der Waals surface area contributed by atoms with E-state index < -0.39 is 11.7 Å². The van der Waals surface area contributed by atoms with E-state index in [1.54, 1.807) is 0 Å². The third-order valence-corrected chi connectivity index (χ3v) is 3.30. The summed E-state index contributed by atoms with van der Waals surface area (Å²) in [6, 6.07) is 25.3. The van der Waals surface area contributed by atoms with Gasteiger partial charge < -0.3 is 4.74 Å². The number of halogens is 3. The lowest BCUT2D eigenvalue weighted by molar-refractivity contribution is -0.137. The van der Waals surface area contributed by atoms with Crippen molar-refractivity contribution in [2.24, 2.45) is 0 Å². The Hall–Kier alpha value is -2.75. The average molecular weight is 330 g/mol. The molecule has 0 atom stereocenters. The number of benzene rings is 3. The Labute approximate surface area is 139 Å². The van der Waals surface area contributed by atoms with Crippen LogP contribution in [0.25, 0.3) is 11.1 Å². The first-order valence-electron chi connectivity index (χ1n) is 7.32. The van der Waals surface area contributed by atoms with Crippen LogP contribution in [0.2, 0.25) is 0 Å². The molecular formula is C20H17F3O. The molecule has 4 heteroatoms. The fraction of sp³-hybridized carbons (Fsp3) is 0.100. The molecule has 124 valence electrons. The van der Waals surface area contributed by atoms with Gasteiger partial charge in [0.05, 0.1) is 12.7 Å². The highest BCUT2D eigenvalue weighted by Crippen LogP contribution is 2.30. The quantitative estimate of drug-likeness (QED) is 0.554. The monoisotopic (exact) mass is 330 g/mol. The topological polar surface area (TPSA) is 9.23 Å². The highest BCUT2D eigenvalue weighted by Gasteiger charge is 2.29. The smallest absolute Gasteiger partial charge is 0.416 e. The first-order valence-corrected chi connectivity index (χ1v) is 7.32. The van der Waals surface area contributed by atoms with Gasteiger partial charge in [0.1, 0.15) is 5.75 Å². The van der Waals surface area contributed by atoms with Gasteiger partial charge in [0, 0.05) is 0 Å². The van der Waals surface area contributed by atoms with Crippen molar-refractivity contribution in [1.82, 2.24) is 0 Å². The maximum atomic E-state index is 12.0. The molecule has 0 aliphatic heterocycles. The van der Waals surface area contributed by atoms with Crippen molar-refractivity contribution in [2.45, 2.75) is 6.18 Å². The summed E-state index contributed by atoms with van der Waals surface area (Å²) in [5, 5.41) is 0. The fourth-order valence-electron chi connectivity index (χ4n) is 2.04. The Bertz CT molecular complexity index is 683. The number of rotatable bonds is 2. The molecule has 0 heterocycles.